The maximum Gasteiger partial charge on any atom is 0.179 e. The van der Waals surface area contributed by atoms with E-state index in [9.17, 15) is 4.79 Å². The summed E-state index contributed by atoms with van der Waals surface area (Å²) in [6, 6.07) is 6.12. The summed E-state index contributed by atoms with van der Waals surface area (Å²) < 4.78 is 1.14. The Bertz CT molecular complexity index is 487. The lowest BCUT2D eigenvalue weighted by molar-refractivity contribution is 0.102. The van der Waals surface area contributed by atoms with Crippen molar-refractivity contribution in [3.63, 3.8) is 0 Å². The Balaban J connectivity index is 2.67. The van der Waals surface area contributed by atoms with Crippen molar-refractivity contribution in [1.82, 2.24) is 0 Å². The number of hydrogen-bond donors (Lipinski definition) is 0. The number of alkyl halides is 1. The minimum atomic E-state index is 0.00326. The van der Waals surface area contributed by atoms with Gasteiger partial charge in [0.25, 0.3) is 0 Å². The number of fused-ring (bicyclic) bond motifs is 1. The van der Waals surface area contributed by atoms with Crippen molar-refractivity contribution < 1.29 is 4.79 Å². The molecule has 72 valence electrons. The van der Waals surface area contributed by atoms with Gasteiger partial charge in [0.1, 0.15) is 0 Å². The summed E-state index contributed by atoms with van der Waals surface area (Å²) in [7, 11) is 0. The highest BCUT2D eigenvalue weighted by Gasteiger charge is 2.10. The molecule has 0 atom stereocenters. The van der Waals surface area contributed by atoms with Crippen LogP contribution in [0, 0.1) is 6.92 Å². The number of halogens is 1. The third-order valence-electron chi connectivity index (χ3n) is 2.15. The molecule has 14 heavy (non-hydrogen) atoms. The monoisotopic (exact) mass is 224 g/mol. The molecule has 0 aliphatic carbocycles. The fourth-order valence-electron chi connectivity index (χ4n) is 1.43. The van der Waals surface area contributed by atoms with Gasteiger partial charge in [0.05, 0.1) is 5.88 Å². The molecule has 0 saturated carbocycles. The van der Waals surface area contributed by atoms with Crippen LogP contribution in [0.25, 0.3) is 10.1 Å². The first kappa shape index (κ1) is 9.69. The quantitative estimate of drug-likeness (QED) is 0.563. The molecule has 1 aromatic carbocycles. The van der Waals surface area contributed by atoms with Gasteiger partial charge in [0.15, 0.2) is 5.78 Å². The summed E-state index contributed by atoms with van der Waals surface area (Å²) in [6.45, 7) is 2.02. The molecule has 0 N–H and O–H groups in total. The minimum absolute atomic E-state index is 0.00326. The van der Waals surface area contributed by atoms with E-state index in [1.165, 1.54) is 5.56 Å². The molecule has 0 fully saturated rings. The van der Waals surface area contributed by atoms with Crippen molar-refractivity contribution in [2.45, 2.75) is 6.92 Å². The number of rotatable bonds is 2. The maximum atomic E-state index is 11.5. The van der Waals surface area contributed by atoms with E-state index in [-0.39, 0.29) is 11.7 Å². The number of aryl methyl sites for hydroxylation is 1. The zero-order chi connectivity index (χ0) is 10.1. The van der Waals surface area contributed by atoms with Crippen LogP contribution < -0.4 is 0 Å². The van der Waals surface area contributed by atoms with Gasteiger partial charge in [-0.25, -0.2) is 0 Å². The SMILES string of the molecule is Cc1ccc2scc(C(=O)CCl)c2c1. The summed E-state index contributed by atoms with van der Waals surface area (Å²) in [5.74, 6) is 0.0586. The molecule has 0 radical (unpaired) electrons. The van der Waals surface area contributed by atoms with Crippen LogP contribution in [-0.2, 0) is 0 Å². The second kappa shape index (κ2) is 3.71. The van der Waals surface area contributed by atoms with E-state index in [1.54, 1.807) is 11.3 Å². The highest BCUT2D eigenvalue weighted by Crippen LogP contribution is 2.27. The third kappa shape index (κ3) is 1.56. The molecule has 0 amide bonds. The predicted octanol–water partition coefficient (Wildman–Crippen LogP) is 3.63. The smallest absolute Gasteiger partial charge is 0.179 e. The molecule has 2 aromatic rings. The Hall–Kier alpha value is -0.860. The van der Waals surface area contributed by atoms with Gasteiger partial charge < -0.3 is 0 Å². The lowest BCUT2D eigenvalue weighted by Gasteiger charge is -1.96. The molecule has 0 aliphatic heterocycles. The van der Waals surface area contributed by atoms with E-state index in [0.717, 1.165) is 15.6 Å². The first-order chi connectivity index (χ1) is 6.72. The minimum Gasteiger partial charge on any atom is -0.293 e. The van der Waals surface area contributed by atoms with Crippen LogP contribution in [0.2, 0.25) is 0 Å². The summed E-state index contributed by atoms with van der Waals surface area (Å²) in [5, 5.41) is 2.91. The Morgan fingerprint density at radius 3 is 3.00 bits per heavy atom. The predicted molar refractivity (Wildman–Crippen MR) is 61.6 cm³/mol. The van der Waals surface area contributed by atoms with E-state index in [2.05, 4.69) is 0 Å². The molecule has 0 unspecified atom stereocenters. The Morgan fingerprint density at radius 1 is 1.50 bits per heavy atom. The largest absolute Gasteiger partial charge is 0.293 e. The normalized spacial score (nSPS) is 10.7. The highest BCUT2D eigenvalue weighted by molar-refractivity contribution is 7.17. The van der Waals surface area contributed by atoms with Crippen molar-refractivity contribution in [3.05, 3.63) is 34.7 Å². The zero-order valence-electron chi connectivity index (χ0n) is 7.71. The van der Waals surface area contributed by atoms with Gasteiger partial charge in [0, 0.05) is 21.0 Å². The molecule has 1 nitrogen and oxygen atoms in total. The average Bonchev–Trinajstić information content (AvgIpc) is 2.59. The van der Waals surface area contributed by atoms with Gasteiger partial charge in [-0.05, 0) is 19.1 Å². The highest BCUT2D eigenvalue weighted by atomic mass is 35.5. The van der Waals surface area contributed by atoms with Crippen LogP contribution in [0.5, 0.6) is 0 Å². The molecule has 3 heteroatoms. The Kier molecular flexibility index (Phi) is 2.57. The average molecular weight is 225 g/mol. The first-order valence-corrected chi connectivity index (χ1v) is 5.71. The van der Waals surface area contributed by atoms with Crippen LogP contribution in [-0.4, -0.2) is 11.7 Å². The van der Waals surface area contributed by atoms with Gasteiger partial charge in [-0.15, -0.1) is 22.9 Å². The molecular weight excluding hydrogens is 216 g/mol. The van der Waals surface area contributed by atoms with Crippen molar-refractivity contribution in [2.75, 3.05) is 5.88 Å². The number of carbonyl (C=O) groups excluding carboxylic acids is 1. The fraction of sp³-hybridized carbons (Fsp3) is 0.182. The number of carbonyl (C=O) groups is 1. The van der Waals surface area contributed by atoms with Gasteiger partial charge >= 0.3 is 0 Å². The zero-order valence-corrected chi connectivity index (χ0v) is 9.28. The molecule has 2 rings (SSSR count). The second-order valence-electron chi connectivity index (χ2n) is 3.21. The van der Waals surface area contributed by atoms with Crippen LogP contribution in [0.1, 0.15) is 15.9 Å². The Labute approximate surface area is 91.3 Å². The van der Waals surface area contributed by atoms with Gasteiger partial charge in [-0.1, -0.05) is 11.6 Å². The van der Waals surface area contributed by atoms with E-state index in [4.69, 9.17) is 11.6 Å². The van der Waals surface area contributed by atoms with Gasteiger partial charge in [-0.2, -0.15) is 0 Å². The molecular formula is C11H9ClOS. The molecule has 1 aromatic heterocycles. The van der Waals surface area contributed by atoms with E-state index in [0.29, 0.717) is 0 Å². The van der Waals surface area contributed by atoms with Crippen LogP contribution in [0.15, 0.2) is 23.6 Å². The number of Topliss-reactive ketones (excluding diaryl/α,β-unsaturated/α-hetero) is 1. The summed E-state index contributed by atoms with van der Waals surface area (Å²) in [5.41, 5.74) is 1.92. The molecule has 0 saturated heterocycles. The second-order valence-corrected chi connectivity index (χ2v) is 4.38. The number of thiophene rings is 1. The maximum absolute atomic E-state index is 11.5. The summed E-state index contributed by atoms with van der Waals surface area (Å²) >= 11 is 7.13. The lowest BCUT2D eigenvalue weighted by atomic mass is 10.1. The van der Waals surface area contributed by atoms with Crippen molar-refractivity contribution in [1.29, 1.82) is 0 Å². The third-order valence-corrected chi connectivity index (χ3v) is 3.36. The van der Waals surface area contributed by atoms with Gasteiger partial charge in [0.2, 0.25) is 0 Å². The number of ketones is 1. The topological polar surface area (TPSA) is 17.1 Å². The van der Waals surface area contributed by atoms with Gasteiger partial charge in [-0.3, -0.25) is 4.79 Å². The van der Waals surface area contributed by atoms with Crippen molar-refractivity contribution >= 4 is 38.8 Å². The molecule has 1 heterocycles. The lowest BCUT2D eigenvalue weighted by Crippen LogP contribution is -1.98. The number of hydrogen-bond acceptors (Lipinski definition) is 2. The molecule has 0 bridgehead atoms. The standard InChI is InChI=1S/C11H9ClOS/c1-7-2-3-11-8(4-7)9(6-14-11)10(13)5-12/h2-4,6H,5H2,1H3. The Morgan fingerprint density at radius 2 is 2.29 bits per heavy atom. The number of benzene rings is 1. The van der Waals surface area contributed by atoms with Crippen molar-refractivity contribution in [3.8, 4) is 0 Å². The van der Waals surface area contributed by atoms with Crippen LogP contribution in [0.4, 0.5) is 0 Å². The fourth-order valence-corrected chi connectivity index (χ4v) is 2.52. The van der Waals surface area contributed by atoms with Crippen molar-refractivity contribution in [2.24, 2.45) is 0 Å². The summed E-state index contributed by atoms with van der Waals surface area (Å²) in [4.78, 5) is 11.5. The van der Waals surface area contributed by atoms with Crippen LogP contribution in [0.3, 0.4) is 0 Å². The van der Waals surface area contributed by atoms with E-state index < -0.39 is 0 Å². The summed E-state index contributed by atoms with van der Waals surface area (Å²) in [6.07, 6.45) is 0. The van der Waals surface area contributed by atoms with E-state index >= 15 is 0 Å². The van der Waals surface area contributed by atoms with Crippen LogP contribution >= 0.6 is 22.9 Å². The molecule has 0 aliphatic rings. The first-order valence-electron chi connectivity index (χ1n) is 4.29. The molecule has 0 spiro atoms. The van der Waals surface area contributed by atoms with E-state index in [1.807, 2.05) is 30.5 Å².